The molecule has 1 fully saturated rings. The lowest BCUT2D eigenvalue weighted by Gasteiger charge is -2.11. The van der Waals surface area contributed by atoms with Crippen molar-refractivity contribution in [2.75, 3.05) is 33.0 Å². The molecule has 1 atom stereocenters. The maximum Gasteiger partial charge on any atom is 0.252 e. The van der Waals surface area contributed by atoms with Crippen molar-refractivity contribution < 1.29 is 19.0 Å². The first-order valence-corrected chi connectivity index (χ1v) is 7.36. The molecule has 1 aromatic rings. The maximum atomic E-state index is 11.9. The van der Waals surface area contributed by atoms with Crippen LogP contribution in [-0.2, 0) is 9.47 Å². The summed E-state index contributed by atoms with van der Waals surface area (Å²) in [6.45, 7) is 5.23. The second-order valence-electron chi connectivity index (χ2n) is 4.79. The standard InChI is InChI=1S/C15H22N2O4/c1-2-19-8-3-7-16-15(18)12-4-5-14(17-10-12)21-13-6-9-20-11-13/h4-5,10,13H,2-3,6-9,11H2,1H3,(H,16,18). The summed E-state index contributed by atoms with van der Waals surface area (Å²) in [5, 5.41) is 2.83. The van der Waals surface area contributed by atoms with Gasteiger partial charge in [-0.25, -0.2) is 4.98 Å². The van der Waals surface area contributed by atoms with Crippen molar-refractivity contribution >= 4 is 5.91 Å². The number of nitrogens with one attached hydrogen (secondary N) is 1. The van der Waals surface area contributed by atoms with E-state index in [-0.39, 0.29) is 12.0 Å². The monoisotopic (exact) mass is 294 g/mol. The normalized spacial score (nSPS) is 17.7. The predicted octanol–water partition coefficient (Wildman–Crippen LogP) is 1.41. The highest BCUT2D eigenvalue weighted by atomic mass is 16.5. The number of carbonyl (C=O) groups excluding carboxylic acids is 1. The van der Waals surface area contributed by atoms with Crippen LogP contribution in [-0.4, -0.2) is 50.0 Å². The van der Waals surface area contributed by atoms with Gasteiger partial charge in [0.1, 0.15) is 6.10 Å². The molecular weight excluding hydrogens is 272 g/mol. The molecule has 2 heterocycles. The fraction of sp³-hybridized carbons (Fsp3) is 0.600. The maximum absolute atomic E-state index is 11.9. The Morgan fingerprint density at radius 3 is 3.10 bits per heavy atom. The van der Waals surface area contributed by atoms with E-state index in [9.17, 15) is 4.79 Å². The molecule has 1 amide bonds. The number of pyridine rings is 1. The van der Waals surface area contributed by atoms with E-state index < -0.39 is 0 Å². The Bertz CT molecular complexity index is 430. The smallest absolute Gasteiger partial charge is 0.252 e. The molecule has 1 aliphatic rings. The molecule has 1 aliphatic heterocycles. The van der Waals surface area contributed by atoms with E-state index in [1.165, 1.54) is 6.20 Å². The van der Waals surface area contributed by atoms with Crippen molar-refractivity contribution in [3.05, 3.63) is 23.9 Å². The largest absolute Gasteiger partial charge is 0.472 e. The number of carbonyl (C=O) groups is 1. The summed E-state index contributed by atoms with van der Waals surface area (Å²) in [7, 11) is 0. The highest BCUT2D eigenvalue weighted by Gasteiger charge is 2.17. The molecule has 116 valence electrons. The number of hydrogen-bond donors (Lipinski definition) is 1. The molecule has 1 N–H and O–H groups in total. The van der Waals surface area contributed by atoms with Gasteiger partial charge in [-0.2, -0.15) is 0 Å². The topological polar surface area (TPSA) is 69.7 Å². The van der Waals surface area contributed by atoms with Crippen LogP contribution in [0.25, 0.3) is 0 Å². The lowest BCUT2D eigenvalue weighted by atomic mass is 10.2. The number of hydrogen-bond acceptors (Lipinski definition) is 5. The molecule has 0 aromatic carbocycles. The van der Waals surface area contributed by atoms with E-state index in [1.807, 2.05) is 6.92 Å². The van der Waals surface area contributed by atoms with Crippen LogP contribution in [0.1, 0.15) is 30.1 Å². The van der Waals surface area contributed by atoms with E-state index in [0.29, 0.717) is 37.8 Å². The van der Waals surface area contributed by atoms with Crippen LogP contribution < -0.4 is 10.1 Å². The van der Waals surface area contributed by atoms with Crippen molar-refractivity contribution in [3.8, 4) is 5.88 Å². The third-order valence-electron chi connectivity index (χ3n) is 3.13. The molecule has 6 heteroatoms. The molecule has 1 aromatic heterocycles. The highest BCUT2D eigenvalue weighted by molar-refractivity contribution is 5.93. The van der Waals surface area contributed by atoms with Gasteiger partial charge >= 0.3 is 0 Å². The Morgan fingerprint density at radius 2 is 2.43 bits per heavy atom. The van der Waals surface area contributed by atoms with E-state index in [0.717, 1.165) is 19.4 Å². The van der Waals surface area contributed by atoms with Crippen LogP contribution >= 0.6 is 0 Å². The van der Waals surface area contributed by atoms with Gasteiger partial charge in [0, 0.05) is 38.4 Å². The second kappa shape index (κ2) is 8.59. The third-order valence-corrected chi connectivity index (χ3v) is 3.13. The Hall–Kier alpha value is -1.66. The van der Waals surface area contributed by atoms with Crippen LogP contribution in [0.3, 0.4) is 0 Å². The Labute approximate surface area is 124 Å². The molecule has 21 heavy (non-hydrogen) atoms. The molecule has 2 rings (SSSR count). The fourth-order valence-corrected chi connectivity index (χ4v) is 1.98. The number of nitrogens with zero attached hydrogens (tertiary/aromatic N) is 1. The Balaban J connectivity index is 1.74. The molecule has 1 unspecified atom stereocenters. The number of ether oxygens (including phenoxy) is 3. The van der Waals surface area contributed by atoms with Gasteiger partial charge in [-0.15, -0.1) is 0 Å². The van der Waals surface area contributed by atoms with Crippen LogP contribution in [0.2, 0.25) is 0 Å². The van der Waals surface area contributed by atoms with Crippen LogP contribution in [0, 0.1) is 0 Å². The van der Waals surface area contributed by atoms with Gasteiger partial charge in [0.05, 0.1) is 18.8 Å². The van der Waals surface area contributed by atoms with Crippen molar-refractivity contribution in [1.29, 1.82) is 0 Å². The first-order chi connectivity index (χ1) is 10.3. The quantitative estimate of drug-likeness (QED) is 0.734. The summed E-state index contributed by atoms with van der Waals surface area (Å²) in [4.78, 5) is 16.0. The molecular formula is C15H22N2O4. The van der Waals surface area contributed by atoms with Gasteiger partial charge < -0.3 is 19.5 Å². The first kappa shape index (κ1) is 15.7. The zero-order valence-corrected chi connectivity index (χ0v) is 12.3. The van der Waals surface area contributed by atoms with Gasteiger partial charge in [0.25, 0.3) is 5.91 Å². The summed E-state index contributed by atoms with van der Waals surface area (Å²) in [5.74, 6) is 0.396. The number of amides is 1. The van der Waals surface area contributed by atoms with Gasteiger partial charge in [0.15, 0.2) is 0 Å². The number of rotatable bonds is 8. The molecule has 0 saturated carbocycles. The molecule has 6 nitrogen and oxygen atoms in total. The highest BCUT2D eigenvalue weighted by Crippen LogP contribution is 2.14. The minimum atomic E-state index is -0.130. The van der Waals surface area contributed by atoms with E-state index >= 15 is 0 Å². The van der Waals surface area contributed by atoms with Crippen molar-refractivity contribution in [3.63, 3.8) is 0 Å². The lowest BCUT2D eigenvalue weighted by Crippen LogP contribution is -2.25. The van der Waals surface area contributed by atoms with Gasteiger partial charge in [-0.1, -0.05) is 0 Å². The van der Waals surface area contributed by atoms with Crippen molar-refractivity contribution in [2.45, 2.75) is 25.9 Å². The zero-order chi connectivity index (χ0) is 14.9. The fourth-order valence-electron chi connectivity index (χ4n) is 1.98. The summed E-state index contributed by atoms with van der Waals surface area (Å²) in [6, 6.07) is 3.43. The van der Waals surface area contributed by atoms with Crippen molar-refractivity contribution in [2.24, 2.45) is 0 Å². The minimum absolute atomic E-state index is 0.0655. The first-order valence-electron chi connectivity index (χ1n) is 7.36. The van der Waals surface area contributed by atoms with E-state index in [2.05, 4.69) is 10.3 Å². The van der Waals surface area contributed by atoms with E-state index in [4.69, 9.17) is 14.2 Å². The SMILES string of the molecule is CCOCCCNC(=O)c1ccc(OC2CCOC2)nc1. The van der Waals surface area contributed by atoms with Gasteiger partial charge in [-0.3, -0.25) is 4.79 Å². The Kier molecular flexibility index (Phi) is 6.43. The number of aromatic nitrogens is 1. The molecule has 0 aliphatic carbocycles. The minimum Gasteiger partial charge on any atom is -0.472 e. The Morgan fingerprint density at radius 1 is 1.52 bits per heavy atom. The average Bonchev–Trinajstić information content (AvgIpc) is 3.00. The molecule has 0 spiro atoms. The van der Waals surface area contributed by atoms with Gasteiger partial charge in [-0.05, 0) is 19.4 Å². The van der Waals surface area contributed by atoms with Crippen molar-refractivity contribution in [1.82, 2.24) is 10.3 Å². The second-order valence-corrected chi connectivity index (χ2v) is 4.79. The van der Waals surface area contributed by atoms with Crippen LogP contribution in [0.4, 0.5) is 0 Å². The summed E-state index contributed by atoms with van der Waals surface area (Å²) >= 11 is 0. The predicted molar refractivity (Wildman–Crippen MR) is 77.5 cm³/mol. The van der Waals surface area contributed by atoms with E-state index in [1.54, 1.807) is 12.1 Å². The summed E-state index contributed by atoms with van der Waals surface area (Å²) < 4.78 is 16.1. The molecule has 0 bridgehead atoms. The lowest BCUT2D eigenvalue weighted by molar-refractivity contribution is 0.0943. The van der Waals surface area contributed by atoms with Crippen LogP contribution in [0.15, 0.2) is 18.3 Å². The average molecular weight is 294 g/mol. The van der Waals surface area contributed by atoms with Gasteiger partial charge in [0.2, 0.25) is 5.88 Å². The zero-order valence-electron chi connectivity index (χ0n) is 12.3. The molecule has 1 saturated heterocycles. The molecule has 0 radical (unpaired) electrons. The summed E-state index contributed by atoms with van der Waals surface area (Å²) in [6.07, 6.45) is 3.28. The summed E-state index contributed by atoms with van der Waals surface area (Å²) in [5.41, 5.74) is 0.529. The third kappa shape index (κ3) is 5.32. The van der Waals surface area contributed by atoms with Crippen LogP contribution in [0.5, 0.6) is 5.88 Å².